The summed E-state index contributed by atoms with van der Waals surface area (Å²) in [6.45, 7) is 1.13. The van der Waals surface area contributed by atoms with Gasteiger partial charge >= 0.3 is 5.69 Å². The predicted octanol–water partition coefficient (Wildman–Crippen LogP) is 2.78. The molecule has 0 aromatic heterocycles. The van der Waals surface area contributed by atoms with Crippen LogP contribution in [0, 0.1) is 21.7 Å². The van der Waals surface area contributed by atoms with E-state index in [2.05, 4.69) is 5.32 Å². The topological polar surface area (TPSA) is 64.4 Å². The van der Waals surface area contributed by atoms with E-state index < -0.39 is 22.2 Å². The lowest BCUT2D eigenvalue weighted by atomic mass is 10.0. The van der Waals surface area contributed by atoms with Gasteiger partial charge in [0, 0.05) is 18.2 Å². The number of nitrogens with one attached hydrogen (secondary N) is 1. The minimum Gasteiger partial charge on any atom is -0.487 e. The van der Waals surface area contributed by atoms with Gasteiger partial charge in [-0.15, -0.1) is 0 Å². The van der Waals surface area contributed by atoms with E-state index >= 15 is 0 Å². The molecule has 1 N–H and O–H groups in total. The first-order valence-corrected chi connectivity index (χ1v) is 6.57. The minimum atomic E-state index is -1.22. The Morgan fingerprint density at radius 1 is 1.40 bits per heavy atom. The maximum Gasteiger partial charge on any atom is 0.346 e. The molecular weight excluding hydrogens is 270 g/mol. The Labute approximate surface area is 115 Å². The highest BCUT2D eigenvalue weighted by Crippen LogP contribution is 2.31. The van der Waals surface area contributed by atoms with Crippen molar-refractivity contribution in [1.82, 2.24) is 5.32 Å². The van der Waals surface area contributed by atoms with Crippen molar-refractivity contribution >= 4 is 5.69 Å². The molecule has 0 radical (unpaired) electrons. The van der Waals surface area contributed by atoms with Crippen LogP contribution >= 0.6 is 0 Å². The van der Waals surface area contributed by atoms with E-state index in [9.17, 15) is 18.9 Å². The van der Waals surface area contributed by atoms with Crippen LogP contribution in [0.5, 0.6) is 5.75 Å². The maximum atomic E-state index is 13.4. The summed E-state index contributed by atoms with van der Waals surface area (Å²) < 4.78 is 31.7. The lowest BCUT2D eigenvalue weighted by molar-refractivity contribution is -0.388. The van der Waals surface area contributed by atoms with Crippen molar-refractivity contribution in [3.63, 3.8) is 0 Å². The summed E-state index contributed by atoms with van der Waals surface area (Å²) in [5, 5.41) is 14.1. The van der Waals surface area contributed by atoms with E-state index in [1.807, 2.05) is 0 Å². The van der Waals surface area contributed by atoms with Crippen LogP contribution in [0.2, 0.25) is 0 Å². The Bertz CT molecular complexity index is 491. The number of benzene rings is 1. The number of rotatable bonds is 5. The van der Waals surface area contributed by atoms with Crippen molar-refractivity contribution in [3.8, 4) is 5.75 Å². The number of nitrogens with zero attached hydrogens (tertiary/aromatic N) is 1. The largest absolute Gasteiger partial charge is 0.487 e. The summed E-state index contributed by atoms with van der Waals surface area (Å²) in [6, 6.07) is 1.62. The summed E-state index contributed by atoms with van der Waals surface area (Å²) in [7, 11) is 0. The van der Waals surface area contributed by atoms with Crippen LogP contribution in [-0.2, 0) is 0 Å². The number of nitro benzene ring substituents is 1. The van der Waals surface area contributed by atoms with Gasteiger partial charge in [0.15, 0.2) is 0 Å². The van der Waals surface area contributed by atoms with Crippen LogP contribution < -0.4 is 10.1 Å². The Morgan fingerprint density at radius 3 is 2.85 bits per heavy atom. The van der Waals surface area contributed by atoms with Gasteiger partial charge in [0.25, 0.3) is 0 Å². The fourth-order valence-corrected chi connectivity index (χ4v) is 2.31. The highest BCUT2D eigenvalue weighted by atomic mass is 19.1. The molecule has 1 atom stereocenters. The second-order valence-corrected chi connectivity index (χ2v) is 4.78. The molecule has 0 spiro atoms. The number of ether oxygens (including phenoxy) is 1. The Morgan fingerprint density at radius 2 is 2.20 bits per heavy atom. The van der Waals surface area contributed by atoms with Crippen molar-refractivity contribution in [2.45, 2.75) is 31.7 Å². The number of hydrogen-bond acceptors (Lipinski definition) is 4. The Kier molecular flexibility index (Phi) is 4.84. The molecule has 1 unspecified atom stereocenters. The van der Waals surface area contributed by atoms with Gasteiger partial charge < -0.3 is 10.1 Å². The molecule has 110 valence electrons. The van der Waals surface area contributed by atoms with Gasteiger partial charge in [-0.05, 0) is 25.8 Å². The standard InChI is InChI=1S/C13H16F2N2O3/c14-9-7-11(15)13(17(18)19)12(8-9)20-6-4-10-3-1-2-5-16-10/h7-8,10,16H,1-6H2. The average Bonchev–Trinajstić information content (AvgIpc) is 2.38. The summed E-state index contributed by atoms with van der Waals surface area (Å²) in [5.74, 6) is -2.47. The van der Waals surface area contributed by atoms with Gasteiger partial charge in [0.05, 0.1) is 11.5 Å². The minimum absolute atomic E-state index is 0.182. The Hall–Kier alpha value is -1.76. The van der Waals surface area contributed by atoms with Gasteiger partial charge in [-0.1, -0.05) is 6.42 Å². The summed E-state index contributed by atoms with van der Waals surface area (Å²) >= 11 is 0. The van der Waals surface area contributed by atoms with E-state index in [1.54, 1.807) is 0 Å². The molecule has 1 aromatic carbocycles. The molecule has 7 heteroatoms. The highest BCUT2D eigenvalue weighted by Gasteiger charge is 2.23. The zero-order chi connectivity index (χ0) is 14.5. The molecule has 0 amide bonds. The highest BCUT2D eigenvalue weighted by molar-refractivity contribution is 5.47. The summed E-state index contributed by atoms with van der Waals surface area (Å²) in [5.41, 5.74) is -0.817. The zero-order valence-electron chi connectivity index (χ0n) is 10.9. The molecule has 1 fully saturated rings. The molecular formula is C13H16F2N2O3. The smallest absolute Gasteiger partial charge is 0.346 e. The number of nitro groups is 1. The first-order chi connectivity index (χ1) is 9.58. The second kappa shape index (κ2) is 6.60. The molecule has 2 rings (SSSR count). The van der Waals surface area contributed by atoms with Crippen LogP contribution in [0.15, 0.2) is 12.1 Å². The van der Waals surface area contributed by atoms with Crippen molar-refractivity contribution in [2.75, 3.05) is 13.2 Å². The third kappa shape index (κ3) is 3.63. The molecule has 1 saturated heterocycles. The van der Waals surface area contributed by atoms with E-state index in [0.29, 0.717) is 18.5 Å². The van der Waals surface area contributed by atoms with Gasteiger partial charge in [0.1, 0.15) is 5.82 Å². The van der Waals surface area contributed by atoms with Crippen LogP contribution in [0.1, 0.15) is 25.7 Å². The molecule has 0 saturated carbocycles. The summed E-state index contributed by atoms with van der Waals surface area (Å²) in [4.78, 5) is 9.87. The quantitative estimate of drug-likeness (QED) is 0.667. The number of halogens is 2. The predicted molar refractivity (Wildman–Crippen MR) is 68.8 cm³/mol. The lowest BCUT2D eigenvalue weighted by Gasteiger charge is -2.23. The van der Waals surface area contributed by atoms with Crippen LogP contribution in [0.3, 0.4) is 0 Å². The molecule has 0 bridgehead atoms. The molecule has 1 aromatic rings. The third-order valence-corrected chi connectivity index (χ3v) is 3.31. The van der Waals surface area contributed by atoms with Gasteiger partial charge in [-0.2, -0.15) is 4.39 Å². The normalized spacial score (nSPS) is 18.8. The van der Waals surface area contributed by atoms with E-state index in [0.717, 1.165) is 31.9 Å². The SMILES string of the molecule is O=[N+]([O-])c1c(F)cc(F)cc1OCCC1CCCCN1. The molecule has 1 aliphatic heterocycles. The Balaban J connectivity index is 1.99. The number of piperidine rings is 1. The number of hydrogen-bond donors (Lipinski definition) is 1. The maximum absolute atomic E-state index is 13.4. The van der Waals surface area contributed by atoms with Gasteiger partial charge in [-0.25, -0.2) is 4.39 Å². The molecule has 5 nitrogen and oxygen atoms in total. The van der Waals surface area contributed by atoms with Crippen molar-refractivity contribution < 1.29 is 18.4 Å². The third-order valence-electron chi connectivity index (χ3n) is 3.31. The molecule has 1 heterocycles. The molecule has 1 aliphatic rings. The van der Waals surface area contributed by atoms with Crippen LogP contribution in [0.25, 0.3) is 0 Å². The van der Waals surface area contributed by atoms with E-state index in [4.69, 9.17) is 4.74 Å². The second-order valence-electron chi connectivity index (χ2n) is 4.78. The van der Waals surface area contributed by atoms with Crippen molar-refractivity contribution in [1.29, 1.82) is 0 Å². The van der Waals surface area contributed by atoms with Gasteiger partial charge in [-0.3, -0.25) is 10.1 Å². The molecule has 0 aliphatic carbocycles. The van der Waals surface area contributed by atoms with Crippen LogP contribution in [-0.4, -0.2) is 24.1 Å². The van der Waals surface area contributed by atoms with Crippen molar-refractivity contribution in [2.24, 2.45) is 0 Å². The van der Waals surface area contributed by atoms with Crippen molar-refractivity contribution in [3.05, 3.63) is 33.9 Å². The van der Waals surface area contributed by atoms with Crippen LogP contribution in [0.4, 0.5) is 14.5 Å². The fourth-order valence-electron chi connectivity index (χ4n) is 2.31. The first-order valence-electron chi connectivity index (χ1n) is 6.57. The van der Waals surface area contributed by atoms with E-state index in [-0.39, 0.29) is 12.4 Å². The average molecular weight is 286 g/mol. The van der Waals surface area contributed by atoms with Gasteiger partial charge in [0.2, 0.25) is 11.6 Å². The monoisotopic (exact) mass is 286 g/mol. The lowest BCUT2D eigenvalue weighted by Crippen LogP contribution is -2.35. The summed E-state index contributed by atoms with van der Waals surface area (Å²) in [6.07, 6.45) is 3.93. The molecule has 20 heavy (non-hydrogen) atoms. The fraction of sp³-hybridized carbons (Fsp3) is 0.538. The van der Waals surface area contributed by atoms with E-state index in [1.165, 1.54) is 0 Å². The first kappa shape index (κ1) is 14.6. The zero-order valence-corrected chi connectivity index (χ0v) is 10.9.